The zero-order chi connectivity index (χ0) is 15.1. The number of nitrogens with two attached hydrogens (primary N) is 1. The summed E-state index contributed by atoms with van der Waals surface area (Å²) in [5, 5.41) is -0.692. The minimum Gasteiger partial charge on any atom is -0.326 e. The maximum atomic E-state index is 13.7. The van der Waals surface area contributed by atoms with E-state index in [-0.39, 0.29) is 28.4 Å². The Labute approximate surface area is 127 Å². The molecule has 0 saturated carbocycles. The Morgan fingerprint density at radius 3 is 2.65 bits per heavy atom. The highest BCUT2D eigenvalue weighted by molar-refractivity contribution is 7.89. The first-order chi connectivity index (χ1) is 9.25. The average Bonchev–Trinajstić information content (AvgIpc) is 2.38. The second kappa shape index (κ2) is 5.77. The van der Waals surface area contributed by atoms with E-state index in [9.17, 15) is 12.8 Å². The number of benzene rings is 1. The van der Waals surface area contributed by atoms with Gasteiger partial charge in [-0.1, -0.05) is 30.1 Å². The molecule has 1 saturated heterocycles. The second-order valence-electron chi connectivity index (χ2n) is 4.97. The van der Waals surface area contributed by atoms with Gasteiger partial charge in [0.1, 0.15) is 4.90 Å². The summed E-state index contributed by atoms with van der Waals surface area (Å²) in [7, 11) is -3.87. The number of halogens is 3. The van der Waals surface area contributed by atoms with Gasteiger partial charge in [0, 0.05) is 19.1 Å². The van der Waals surface area contributed by atoms with Crippen LogP contribution in [0.4, 0.5) is 4.39 Å². The molecule has 1 aliphatic rings. The number of hydrogen-bond acceptors (Lipinski definition) is 3. The second-order valence-corrected chi connectivity index (χ2v) is 7.66. The van der Waals surface area contributed by atoms with Crippen molar-refractivity contribution in [3.8, 4) is 0 Å². The zero-order valence-electron chi connectivity index (χ0n) is 10.8. The molecule has 2 rings (SSSR count). The summed E-state index contributed by atoms with van der Waals surface area (Å²) in [5.74, 6) is -0.678. The smallest absolute Gasteiger partial charge is 0.244 e. The highest BCUT2D eigenvalue weighted by atomic mass is 35.5. The van der Waals surface area contributed by atoms with Crippen LogP contribution < -0.4 is 5.73 Å². The fourth-order valence-corrected chi connectivity index (χ4v) is 4.34. The minimum absolute atomic E-state index is 0.198. The van der Waals surface area contributed by atoms with Crippen molar-refractivity contribution in [1.82, 2.24) is 4.31 Å². The molecule has 0 bridgehead atoms. The molecule has 2 atom stereocenters. The quantitative estimate of drug-likeness (QED) is 0.841. The highest BCUT2D eigenvalue weighted by Crippen LogP contribution is 2.32. The van der Waals surface area contributed by atoms with Gasteiger partial charge in [-0.3, -0.25) is 0 Å². The minimum atomic E-state index is -3.87. The van der Waals surface area contributed by atoms with Gasteiger partial charge in [0.25, 0.3) is 0 Å². The lowest BCUT2D eigenvalue weighted by Crippen LogP contribution is -2.49. The predicted octanol–water partition coefficient (Wildman–Crippen LogP) is 2.49. The first kappa shape index (κ1) is 16.0. The summed E-state index contributed by atoms with van der Waals surface area (Å²) in [4.78, 5) is -0.275. The van der Waals surface area contributed by atoms with Crippen molar-refractivity contribution in [1.29, 1.82) is 0 Å². The molecule has 0 amide bonds. The average molecular weight is 341 g/mol. The van der Waals surface area contributed by atoms with Gasteiger partial charge in [0.05, 0.1) is 10.0 Å². The van der Waals surface area contributed by atoms with Crippen LogP contribution in [0.15, 0.2) is 17.0 Å². The van der Waals surface area contributed by atoms with E-state index < -0.39 is 20.9 Å². The number of hydrogen-bond donors (Lipinski definition) is 1. The Kier molecular flexibility index (Phi) is 4.61. The van der Waals surface area contributed by atoms with E-state index in [4.69, 9.17) is 28.9 Å². The first-order valence-electron chi connectivity index (χ1n) is 6.14. The van der Waals surface area contributed by atoms with E-state index in [1.807, 2.05) is 6.92 Å². The van der Waals surface area contributed by atoms with Crippen LogP contribution >= 0.6 is 23.2 Å². The van der Waals surface area contributed by atoms with Gasteiger partial charge in [-0.05, 0) is 24.5 Å². The topological polar surface area (TPSA) is 63.4 Å². The van der Waals surface area contributed by atoms with Crippen molar-refractivity contribution < 1.29 is 12.8 Å². The van der Waals surface area contributed by atoms with Crippen LogP contribution in [-0.2, 0) is 10.0 Å². The molecule has 0 radical (unpaired) electrons. The maximum absolute atomic E-state index is 13.7. The molecular weight excluding hydrogens is 326 g/mol. The molecule has 0 aromatic heterocycles. The van der Waals surface area contributed by atoms with Gasteiger partial charge >= 0.3 is 0 Å². The molecule has 1 aromatic rings. The monoisotopic (exact) mass is 340 g/mol. The molecule has 8 heteroatoms. The molecule has 1 aliphatic heterocycles. The summed E-state index contributed by atoms with van der Waals surface area (Å²) in [6.07, 6.45) is 0.661. The molecule has 1 aromatic carbocycles. The van der Waals surface area contributed by atoms with Crippen molar-refractivity contribution in [2.75, 3.05) is 13.1 Å². The van der Waals surface area contributed by atoms with Gasteiger partial charge in [-0.2, -0.15) is 4.31 Å². The third kappa shape index (κ3) is 2.80. The summed E-state index contributed by atoms with van der Waals surface area (Å²) < 4.78 is 39.9. The first-order valence-corrected chi connectivity index (χ1v) is 8.34. The summed E-state index contributed by atoms with van der Waals surface area (Å²) >= 11 is 11.3. The van der Waals surface area contributed by atoms with Gasteiger partial charge in [-0.15, -0.1) is 0 Å². The number of piperidine rings is 1. The van der Waals surface area contributed by atoms with Gasteiger partial charge in [-0.25, -0.2) is 12.8 Å². The van der Waals surface area contributed by atoms with E-state index in [0.717, 1.165) is 0 Å². The molecular formula is C12H15Cl2FN2O2S. The van der Waals surface area contributed by atoms with Crippen molar-refractivity contribution in [2.24, 2.45) is 11.7 Å². The largest absolute Gasteiger partial charge is 0.326 e. The maximum Gasteiger partial charge on any atom is 0.244 e. The fraction of sp³-hybridized carbons (Fsp3) is 0.500. The zero-order valence-corrected chi connectivity index (χ0v) is 13.1. The van der Waals surface area contributed by atoms with Gasteiger partial charge in [0.2, 0.25) is 10.0 Å². The van der Waals surface area contributed by atoms with Crippen molar-refractivity contribution in [3.05, 3.63) is 28.0 Å². The summed E-state index contributed by atoms with van der Waals surface area (Å²) in [5.41, 5.74) is 5.90. The normalized spacial score (nSPS) is 24.9. The molecule has 1 heterocycles. The molecule has 1 fully saturated rings. The van der Waals surface area contributed by atoms with E-state index in [0.29, 0.717) is 13.0 Å². The van der Waals surface area contributed by atoms with Crippen LogP contribution in [0.2, 0.25) is 10.0 Å². The van der Waals surface area contributed by atoms with Gasteiger partial charge < -0.3 is 5.73 Å². The Balaban J connectivity index is 2.39. The predicted molar refractivity (Wildman–Crippen MR) is 76.9 cm³/mol. The van der Waals surface area contributed by atoms with E-state index in [2.05, 4.69) is 0 Å². The Morgan fingerprint density at radius 2 is 2.05 bits per heavy atom. The third-order valence-electron chi connectivity index (χ3n) is 3.60. The Bertz CT molecular complexity index is 624. The molecule has 0 aliphatic carbocycles. The standard InChI is InChI=1S/C12H15Cl2FN2O2S/c1-7-4-5-17(6-9(7)16)20(18,19)10-3-2-8(13)12(15)11(10)14/h2-3,7,9H,4-6,16H2,1H3. The lowest BCUT2D eigenvalue weighted by atomic mass is 9.96. The molecule has 20 heavy (non-hydrogen) atoms. The fourth-order valence-electron chi connectivity index (χ4n) is 2.13. The van der Waals surface area contributed by atoms with Crippen molar-refractivity contribution in [3.63, 3.8) is 0 Å². The molecule has 2 unspecified atom stereocenters. The lowest BCUT2D eigenvalue weighted by molar-refractivity contribution is 0.253. The summed E-state index contributed by atoms with van der Waals surface area (Å²) in [6.45, 7) is 2.52. The van der Waals surface area contributed by atoms with Crippen LogP contribution in [-0.4, -0.2) is 31.9 Å². The van der Waals surface area contributed by atoms with Gasteiger partial charge in [0.15, 0.2) is 5.82 Å². The Hall–Kier alpha value is -0.400. The van der Waals surface area contributed by atoms with Crippen molar-refractivity contribution in [2.45, 2.75) is 24.3 Å². The molecule has 112 valence electrons. The number of sulfonamides is 1. The van der Waals surface area contributed by atoms with Crippen LogP contribution in [0.5, 0.6) is 0 Å². The summed E-state index contributed by atoms with van der Waals surface area (Å²) in [6, 6.07) is 2.16. The van der Waals surface area contributed by atoms with Crippen LogP contribution in [0, 0.1) is 11.7 Å². The number of rotatable bonds is 2. The lowest BCUT2D eigenvalue weighted by Gasteiger charge is -2.34. The van der Waals surface area contributed by atoms with E-state index >= 15 is 0 Å². The van der Waals surface area contributed by atoms with Crippen molar-refractivity contribution >= 4 is 33.2 Å². The van der Waals surface area contributed by atoms with Crippen LogP contribution in [0.3, 0.4) is 0 Å². The van der Waals surface area contributed by atoms with Crippen LogP contribution in [0.1, 0.15) is 13.3 Å². The molecule has 0 spiro atoms. The van der Waals surface area contributed by atoms with E-state index in [1.165, 1.54) is 16.4 Å². The molecule has 4 nitrogen and oxygen atoms in total. The Morgan fingerprint density at radius 1 is 1.40 bits per heavy atom. The number of nitrogens with zero attached hydrogens (tertiary/aromatic N) is 1. The third-order valence-corrected chi connectivity index (χ3v) is 6.28. The van der Waals surface area contributed by atoms with Crippen LogP contribution in [0.25, 0.3) is 0 Å². The SMILES string of the molecule is CC1CCN(S(=O)(=O)c2ccc(Cl)c(F)c2Cl)CC1N. The molecule has 2 N–H and O–H groups in total. The van der Waals surface area contributed by atoms with E-state index in [1.54, 1.807) is 0 Å². The highest BCUT2D eigenvalue weighted by Gasteiger charge is 2.34.